The summed E-state index contributed by atoms with van der Waals surface area (Å²) < 4.78 is 4.90. The van der Waals surface area contributed by atoms with Crippen LogP contribution in [0.2, 0.25) is 0 Å². The average Bonchev–Trinajstić information content (AvgIpc) is 2.69. The highest BCUT2D eigenvalue weighted by atomic mass is 16.6. The fraction of sp³-hybridized carbons (Fsp3) is 0.267. The highest BCUT2D eigenvalue weighted by Crippen LogP contribution is 2.28. The lowest BCUT2D eigenvalue weighted by Crippen LogP contribution is -2.30. The number of methoxy groups -OCH3 is 1. The number of hydrogen-bond donors (Lipinski definition) is 3. The number of rotatable bonds is 10. The van der Waals surface area contributed by atoms with E-state index >= 15 is 0 Å². The van der Waals surface area contributed by atoms with E-state index in [1.165, 1.54) is 18.2 Å². The zero-order valence-electron chi connectivity index (χ0n) is 14.7. The fourth-order valence-electron chi connectivity index (χ4n) is 2.14. The molecule has 1 amide bonds. The molecule has 0 unspecified atom stereocenters. The van der Waals surface area contributed by atoms with Gasteiger partial charge >= 0.3 is 5.69 Å². The van der Waals surface area contributed by atoms with Gasteiger partial charge in [0, 0.05) is 38.0 Å². The minimum absolute atomic E-state index is 0.00340. The number of hydrazine groups is 1. The van der Waals surface area contributed by atoms with Crippen molar-refractivity contribution in [1.82, 2.24) is 15.4 Å². The van der Waals surface area contributed by atoms with Gasteiger partial charge in [-0.05, 0) is 12.5 Å². The van der Waals surface area contributed by atoms with Gasteiger partial charge in [-0.2, -0.15) is 0 Å². The molecule has 0 aliphatic rings. The molecule has 13 heteroatoms. The third-order valence-corrected chi connectivity index (χ3v) is 3.44. The number of anilines is 2. The minimum atomic E-state index is -0.730. The maximum Gasteiger partial charge on any atom is 0.354 e. The van der Waals surface area contributed by atoms with Crippen molar-refractivity contribution in [3.63, 3.8) is 0 Å². The second-order valence-electron chi connectivity index (χ2n) is 5.34. The summed E-state index contributed by atoms with van der Waals surface area (Å²) in [5, 5.41) is 25.0. The number of ether oxygens (including phenoxy) is 1. The van der Waals surface area contributed by atoms with Crippen LogP contribution in [-0.2, 0) is 4.74 Å². The first-order valence-electron chi connectivity index (χ1n) is 7.97. The van der Waals surface area contributed by atoms with Crippen LogP contribution in [-0.4, -0.2) is 46.0 Å². The molecule has 0 radical (unpaired) electrons. The molecule has 0 saturated heterocycles. The Balaban J connectivity index is 2.12. The quantitative estimate of drug-likeness (QED) is 0.306. The molecule has 1 heterocycles. The van der Waals surface area contributed by atoms with Gasteiger partial charge in [0.1, 0.15) is 6.33 Å². The maximum atomic E-state index is 12.2. The second kappa shape index (κ2) is 9.72. The Hall–Kier alpha value is -3.87. The zero-order chi connectivity index (χ0) is 20.5. The molecule has 28 heavy (non-hydrogen) atoms. The summed E-state index contributed by atoms with van der Waals surface area (Å²) in [7, 11) is 1.54. The van der Waals surface area contributed by atoms with Gasteiger partial charge in [-0.3, -0.25) is 35.9 Å². The van der Waals surface area contributed by atoms with Crippen LogP contribution in [0.3, 0.4) is 0 Å². The standard InChI is InChI=1S/C15H17N7O6/c1-28-7-3-6-16-13-12(22(26)27)14(18-9-17-13)19-20-15(23)10-4-2-5-11(8-10)21(24)25/h2,4-5,8-9H,3,6-7H2,1H3,(H,20,23)(H2,16,17,18,19). The molecular weight excluding hydrogens is 374 g/mol. The molecule has 0 bridgehead atoms. The molecule has 0 fully saturated rings. The first-order valence-corrected chi connectivity index (χ1v) is 7.97. The van der Waals surface area contributed by atoms with Crippen molar-refractivity contribution in [2.75, 3.05) is 31.0 Å². The topological polar surface area (TPSA) is 174 Å². The predicted molar refractivity (Wildman–Crippen MR) is 97.9 cm³/mol. The van der Waals surface area contributed by atoms with E-state index in [9.17, 15) is 25.0 Å². The molecule has 148 valence electrons. The Morgan fingerprint density at radius 3 is 2.61 bits per heavy atom. The van der Waals surface area contributed by atoms with Crippen molar-refractivity contribution in [3.05, 3.63) is 56.4 Å². The summed E-state index contributed by atoms with van der Waals surface area (Å²) in [5.41, 5.74) is 3.86. The van der Waals surface area contributed by atoms with Crippen molar-refractivity contribution in [2.45, 2.75) is 6.42 Å². The molecule has 2 aromatic rings. The van der Waals surface area contributed by atoms with Crippen molar-refractivity contribution >= 4 is 28.9 Å². The average molecular weight is 391 g/mol. The maximum absolute atomic E-state index is 12.2. The van der Waals surface area contributed by atoms with Crippen LogP contribution in [0.25, 0.3) is 0 Å². The summed E-state index contributed by atoms with van der Waals surface area (Å²) in [6.45, 7) is 0.849. The molecule has 1 aromatic heterocycles. The molecule has 3 N–H and O–H groups in total. The van der Waals surface area contributed by atoms with Crippen LogP contribution in [0.15, 0.2) is 30.6 Å². The number of carbonyl (C=O) groups is 1. The van der Waals surface area contributed by atoms with E-state index in [2.05, 4.69) is 26.1 Å². The number of carbonyl (C=O) groups excluding carboxylic acids is 1. The van der Waals surface area contributed by atoms with Crippen molar-refractivity contribution in [1.29, 1.82) is 0 Å². The Kier molecular flexibility index (Phi) is 7.10. The number of nitro groups is 2. The number of nitrogens with zero attached hydrogens (tertiary/aromatic N) is 4. The monoisotopic (exact) mass is 391 g/mol. The third kappa shape index (κ3) is 5.31. The SMILES string of the molecule is COCCCNc1ncnc(NNC(=O)c2cccc([N+](=O)[O-])c2)c1[N+](=O)[O-]. The Labute approximate surface area is 158 Å². The van der Waals surface area contributed by atoms with Crippen LogP contribution < -0.4 is 16.2 Å². The van der Waals surface area contributed by atoms with Gasteiger partial charge in [0.15, 0.2) is 0 Å². The third-order valence-electron chi connectivity index (χ3n) is 3.44. The lowest BCUT2D eigenvalue weighted by atomic mass is 10.2. The predicted octanol–water partition coefficient (Wildman–Crippen LogP) is 1.50. The van der Waals surface area contributed by atoms with Gasteiger partial charge < -0.3 is 10.1 Å². The molecule has 0 aliphatic carbocycles. The zero-order valence-corrected chi connectivity index (χ0v) is 14.7. The van der Waals surface area contributed by atoms with Crippen molar-refractivity contribution < 1.29 is 19.4 Å². The van der Waals surface area contributed by atoms with E-state index in [0.717, 1.165) is 12.4 Å². The molecular formula is C15H17N7O6. The summed E-state index contributed by atoms with van der Waals surface area (Å²) in [6.07, 6.45) is 1.69. The normalized spacial score (nSPS) is 10.2. The van der Waals surface area contributed by atoms with Crippen LogP contribution >= 0.6 is 0 Å². The van der Waals surface area contributed by atoms with Crippen molar-refractivity contribution in [2.24, 2.45) is 0 Å². The number of nitro benzene ring substituents is 1. The van der Waals surface area contributed by atoms with Crippen LogP contribution in [0, 0.1) is 20.2 Å². The van der Waals surface area contributed by atoms with E-state index in [1.807, 2.05) is 0 Å². The number of amides is 1. The van der Waals surface area contributed by atoms with E-state index in [-0.39, 0.29) is 22.9 Å². The second-order valence-corrected chi connectivity index (χ2v) is 5.34. The largest absolute Gasteiger partial charge is 0.385 e. The molecule has 0 aliphatic heterocycles. The van der Waals surface area contributed by atoms with Gasteiger partial charge in [0.05, 0.1) is 9.85 Å². The van der Waals surface area contributed by atoms with E-state index < -0.39 is 21.4 Å². The molecule has 1 aromatic carbocycles. The Morgan fingerprint density at radius 1 is 1.18 bits per heavy atom. The lowest BCUT2D eigenvalue weighted by Gasteiger charge is -2.11. The van der Waals surface area contributed by atoms with Crippen LogP contribution in [0.5, 0.6) is 0 Å². The van der Waals surface area contributed by atoms with Gasteiger partial charge in [-0.25, -0.2) is 9.97 Å². The number of non-ortho nitro benzene ring substituents is 1. The summed E-state index contributed by atoms with van der Waals surface area (Å²) in [5.74, 6) is -0.998. The van der Waals surface area contributed by atoms with Gasteiger partial charge in [-0.1, -0.05) is 6.07 Å². The van der Waals surface area contributed by atoms with Gasteiger partial charge in [0.25, 0.3) is 11.6 Å². The first-order chi connectivity index (χ1) is 13.4. The highest BCUT2D eigenvalue weighted by Gasteiger charge is 2.23. The molecule has 0 atom stereocenters. The lowest BCUT2D eigenvalue weighted by molar-refractivity contribution is -0.384. The summed E-state index contributed by atoms with van der Waals surface area (Å²) in [4.78, 5) is 40.6. The smallest absolute Gasteiger partial charge is 0.354 e. The van der Waals surface area contributed by atoms with Crippen LogP contribution in [0.1, 0.15) is 16.8 Å². The fourth-order valence-corrected chi connectivity index (χ4v) is 2.14. The molecule has 13 nitrogen and oxygen atoms in total. The number of hydrogen-bond acceptors (Lipinski definition) is 10. The molecule has 2 rings (SSSR count). The minimum Gasteiger partial charge on any atom is -0.385 e. The van der Waals surface area contributed by atoms with Crippen LogP contribution in [0.4, 0.5) is 23.0 Å². The Morgan fingerprint density at radius 2 is 1.93 bits per heavy atom. The number of benzene rings is 1. The molecule has 0 saturated carbocycles. The summed E-state index contributed by atoms with van der Waals surface area (Å²) >= 11 is 0. The Bertz CT molecular complexity index is 876. The highest BCUT2D eigenvalue weighted by molar-refractivity contribution is 5.95. The molecule has 0 spiro atoms. The van der Waals surface area contributed by atoms with E-state index in [1.54, 1.807) is 7.11 Å². The number of nitrogens with one attached hydrogen (secondary N) is 3. The van der Waals surface area contributed by atoms with Gasteiger partial charge in [-0.15, -0.1) is 0 Å². The summed E-state index contributed by atoms with van der Waals surface area (Å²) in [6, 6.07) is 5.03. The van der Waals surface area contributed by atoms with Crippen molar-refractivity contribution in [3.8, 4) is 0 Å². The first kappa shape index (κ1) is 20.4. The van der Waals surface area contributed by atoms with Gasteiger partial charge in [0.2, 0.25) is 11.6 Å². The van der Waals surface area contributed by atoms with E-state index in [0.29, 0.717) is 19.6 Å². The number of aromatic nitrogens is 2. The van der Waals surface area contributed by atoms with E-state index in [4.69, 9.17) is 4.74 Å².